The minimum atomic E-state index is -0.407. The van der Waals surface area contributed by atoms with E-state index in [4.69, 9.17) is 0 Å². The third kappa shape index (κ3) is 1.21. The third-order valence-electron chi connectivity index (χ3n) is 3.36. The van der Waals surface area contributed by atoms with Gasteiger partial charge in [-0.3, -0.25) is 4.79 Å². The first-order chi connectivity index (χ1) is 7.54. The minimum Gasteiger partial charge on any atom is -0.293 e. The first-order valence-electron chi connectivity index (χ1n) is 5.51. The van der Waals surface area contributed by atoms with Crippen molar-refractivity contribution in [1.29, 1.82) is 0 Å². The summed E-state index contributed by atoms with van der Waals surface area (Å²) in [6.07, 6.45) is 3.72. The van der Waals surface area contributed by atoms with Crippen LogP contribution in [0.4, 0.5) is 0 Å². The molecule has 0 amide bonds. The first-order valence-corrected chi connectivity index (χ1v) is 5.51. The second-order valence-corrected chi connectivity index (χ2v) is 4.63. The molecule has 0 aromatic heterocycles. The average molecular weight is 212 g/mol. The van der Waals surface area contributed by atoms with Crippen LogP contribution >= 0.6 is 0 Å². The zero-order chi connectivity index (χ0) is 11.9. The van der Waals surface area contributed by atoms with Crippen LogP contribution in [0, 0.1) is 0 Å². The maximum Gasteiger partial charge on any atom is 0.173 e. The summed E-state index contributed by atoms with van der Waals surface area (Å²) in [6.45, 7) is 9.69. The van der Waals surface area contributed by atoms with Crippen molar-refractivity contribution in [1.82, 2.24) is 0 Å². The first kappa shape index (κ1) is 10.9. The summed E-state index contributed by atoms with van der Waals surface area (Å²) in [5, 5.41) is 0. The number of fused-ring (bicyclic) bond motifs is 1. The monoisotopic (exact) mass is 212 g/mol. The number of carbonyl (C=O) groups excluding carboxylic acids is 1. The molecule has 0 heterocycles. The Morgan fingerprint density at radius 2 is 2.00 bits per heavy atom. The topological polar surface area (TPSA) is 17.1 Å². The van der Waals surface area contributed by atoms with Crippen molar-refractivity contribution < 1.29 is 4.79 Å². The van der Waals surface area contributed by atoms with Crippen LogP contribution in [0.2, 0.25) is 0 Å². The van der Waals surface area contributed by atoms with Gasteiger partial charge in [-0.25, -0.2) is 0 Å². The molecule has 0 unspecified atom stereocenters. The van der Waals surface area contributed by atoms with Gasteiger partial charge in [0.25, 0.3) is 0 Å². The second-order valence-electron chi connectivity index (χ2n) is 4.63. The smallest absolute Gasteiger partial charge is 0.173 e. The summed E-state index contributed by atoms with van der Waals surface area (Å²) in [5.74, 6) is 0.208. The van der Waals surface area contributed by atoms with Crippen LogP contribution in [-0.4, -0.2) is 5.78 Å². The van der Waals surface area contributed by atoms with Crippen LogP contribution in [-0.2, 0) is 10.2 Å². The van der Waals surface area contributed by atoms with Crippen molar-refractivity contribution in [2.45, 2.75) is 26.2 Å². The molecule has 0 saturated carbocycles. The zero-order valence-electron chi connectivity index (χ0n) is 10.0. The van der Waals surface area contributed by atoms with Gasteiger partial charge in [-0.1, -0.05) is 36.9 Å². The van der Waals surface area contributed by atoms with Crippen molar-refractivity contribution in [3.63, 3.8) is 0 Å². The van der Waals surface area contributed by atoms with E-state index >= 15 is 0 Å². The standard InChI is InChI=1S/C15H16O/c1-5-10-8-7-9-12-13(10)11(6-2)14(16)15(12,3)4/h5-9H,1H2,2-4H3/b11-6+. The van der Waals surface area contributed by atoms with Gasteiger partial charge >= 0.3 is 0 Å². The predicted octanol–water partition coefficient (Wildman–Crippen LogP) is 3.59. The number of allylic oxidation sites excluding steroid dienone is 2. The predicted molar refractivity (Wildman–Crippen MR) is 68.2 cm³/mol. The second kappa shape index (κ2) is 3.44. The SMILES string of the molecule is C=Cc1cccc2c1/C(=C\C)C(=O)C2(C)C. The van der Waals surface area contributed by atoms with Gasteiger partial charge in [0.2, 0.25) is 0 Å². The highest BCUT2D eigenvalue weighted by molar-refractivity contribution is 6.30. The Morgan fingerprint density at radius 1 is 1.31 bits per heavy atom. The molecule has 1 nitrogen and oxygen atoms in total. The van der Waals surface area contributed by atoms with Crippen molar-refractivity contribution in [2.75, 3.05) is 0 Å². The maximum atomic E-state index is 12.3. The van der Waals surface area contributed by atoms with Crippen molar-refractivity contribution in [3.05, 3.63) is 47.5 Å². The number of Topliss-reactive ketones (excluding diaryl/α,β-unsaturated/α-hetero) is 1. The summed E-state index contributed by atoms with van der Waals surface area (Å²) < 4.78 is 0. The number of hydrogen-bond donors (Lipinski definition) is 0. The maximum absolute atomic E-state index is 12.3. The number of hydrogen-bond acceptors (Lipinski definition) is 1. The average Bonchev–Trinajstić information content (AvgIpc) is 2.48. The molecule has 1 aromatic carbocycles. The number of carbonyl (C=O) groups is 1. The van der Waals surface area contributed by atoms with E-state index in [1.807, 2.05) is 51.1 Å². The van der Waals surface area contributed by atoms with Gasteiger partial charge in [0.05, 0.1) is 5.41 Å². The quantitative estimate of drug-likeness (QED) is 0.650. The molecule has 82 valence electrons. The van der Waals surface area contributed by atoms with Gasteiger partial charge in [0.15, 0.2) is 5.78 Å². The van der Waals surface area contributed by atoms with Crippen LogP contribution in [0.3, 0.4) is 0 Å². The molecule has 0 spiro atoms. The van der Waals surface area contributed by atoms with E-state index < -0.39 is 5.41 Å². The highest BCUT2D eigenvalue weighted by Crippen LogP contribution is 2.43. The highest BCUT2D eigenvalue weighted by Gasteiger charge is 2.41. The van der Waals surface area contributed by atoms with Crippen LogP contribution < -0.4 is 0 Å². The fourth-order valence-corrected chi connectivity index (χ4v) is 2.41. The molecular weight excluding hydrogens is 196 g/mol. The molecule has 0 N–H and O–H groups in total. The molecule has 2 rings (SSSR count). The lowest BCUT2D eigenvalue weighted by atomic mass is 9.85. The fourth-order valence-electron chi connectivity index (χ4n) is 2.41. The summed E-state index contributed by atoms with van der Waals surface area (Å²) in [4.78, 5) is 12.3. The summed E-state index contributed by atoms with van der Waals surface area (Å²) in [6, 6.07) is 6.03. The number of rotatable bonds is 1. The lowest BCUT2D eigenvalue weighted by Crippen LogP contribution is -2.23. The fraction of sp³-hybridized carbons (Fsp3) is 0.267. The zero-order valence-corrected chi connectivity index (χ0v) is 10.0. The molecule has 16 heavy (non-hydrogen) atoms. The molecule has 0 radical (unpaired) electrons. The van der Waals surface area contributed by atoms with E-state index in [-0.39, 0.29) is 5.78 Å². The van der Waals surface area contributed by atoms with Crippen LogP contribution in [0.15, 0.2) is 30.9 Å². The Hall–Kier alpha value is -1.63. The Kier molecular flexibility index (Phi) is 2.34. The van der Waals surface area contributed by atoms with E-state index in [9.17, 15) is 4.79 Å². The summed E-state index contributed by atoms with van der Waals surface area (Å²) in [5.41, 5.74) is 3.65. The minimum absolute atomic E-state index is 0.208. The lowest BCUT2D eigenvalue weighted by molar-refractivity contribution is -0.117. The lowest BCUT2D eigenvalue weighted by Gasteiger charge is -2.16. The van der Waals surface area contributed by atoms with Gasteiger partial charge < -0.3 is 0 Å². The molecule has 0 fully saturated rings. The van der Waals surface area contributed by atoms with Gasteiger partial charge in [-0.05, 0) is 37.5 Å². The van der Waals surface area contributed by atoms with Gasteiger partial charge in [-0.2, -0.15) is 0 Å². The Balaban J connectivity index is 2.84. The molecule has 0 saturated heterocycles. The molecule has 1 aliphatic carbocycles. The van der Waals surface area contributed by atoms with E-state index in [1.54, 1.807) is 0 Å². The summed E-state index contributed by atoms with van der Waals surface area (Å²) >= 11 is 0. The largest absolute Gasteiger partial charge is 0.293 e. The van der Waals surface area contributed by atoms with E-state index in [2.05, 4.69) is 6.58 Å². The van der Waals surface area contributed by atoms with Crippen molar-refractivity contribution >= 4 is 17.4 Å². The van der Waals surface area contributed by atoms with Gasteiger partial charge in [0.1, 0.15) is 0 Å². The van der Waals surface area contributed by atoms with E-state index in [0.717, 1.165) is 22.3 Å². The molecule has 0 bridgehead atoms. The van der Waals surface area contributed by atoms with Gasteiger partial charge in [0, 0.05) is 5.57 Å². The van der Waals surface area contributed by atoms with Crippen LogP contribution in [0.1, 0.15) is 37.5 Å². The van der Waals surface area contributed by atoms with Gasteiger partial charge in [-0.15, -0.1) is 0 Å². The molecule has 1 aliphatic rings. The normalized spacial score (nSPS) is 19.9. The van der Waals surface area contributed by atoms with Crippen molar-refractivity contribution in [3.8, 4) is 0 Å². The number of ketones is 1. The molecular formula is C15H16O. The Morgan fingerprint density at radius 3 is 2.56 bits per heavy atom. The molecule has 1 heteroatoms. The van der Waals surface area contributed by atoms with E-state index in [1.165, 1.54) is 0 Å². The number of benzene rings is 1. The Labute approximate surface area is 96.5 Å². The molecule has 0 aliphatic heterocycles. The highest BCUT2D eigenvalue weighted by atomic mass is 16.1. The summed E-state index contributed by atoms with van der Waals surface area (Å²) in [7, 11) is 0. The van der Waals surface area contributed by atoms with E-state index in [0.29, 0.717) is 0 Å². The molecule has 0 atom stereocenters. The Bertz CT molecular complexity index is 504. The van der Waals surface area contributed by atoms with Crippen LogP contribution in [0.5, 0.6) is 0 Å². The van der Waals surface area contributed by atoms with Crippen molar-refractivity contribution in [2.24, 2.45) is 0 Å². The third-order valence-corrected chi connectivity index (χ3v) is 3.36. The van der Waals surface area contributed by atoms with Crippen LogP contribution in [0.25, 0.3) is 11.6 Å². The molecule has 1 aromatic rings.